The summed E-state index contributed by atoms with van der Waals surface area (Å²) in [6, 6.07) is 6.58. The maximum atomic E-state index is 12.3. The molecule has 0 spiro atoms. The summed E-state index contributed by atoms with van der Waals surface area (Å²) in [7, 11) is 0. The van der Waals surface area contributed by atoms with Crippen LogP contribution in [-0.2, 0) is 4.79 Å². The molecule has 0 radical (unpaired) electrons. The number of carbonyl (C=O) groups excluding carboxylic acids is 1. The Labute approximate surface area is 112 Å². The second-order valence-corrected chi connectivity index (χ2v) is 4.44. The summed E-state index contributed by atoms with van der Waals surface area (Å²) in [4.78, 5) is 14.1. The molecule has 0 heterocycles. The summed E-state index contributed by atoms with van der Waals surface area (Å²) >= 11 is 4.92. The average molecular weight is 266 g/mol. The van der Waals surface area contributed by atoms with E-state index in [-0.39, 0.29) is 16.6 Å². The largest absolute Gasteiger partial charge is 0.508 e. The summed E-state index contributed by atoms with van der Waals surface area (Å²) in [5, 5.41) is 9.46. The molecule has 1 unspecified atom stereocenters. The van der Waals surface area contributed by atoms with Crippen molar-refractivity contribution in [3.8, 4) is 5.75 Å². The highest BCUT2D eigenvalue weighted by Gasteiger charge is 2.25. The van der Waals surface area contributed by atoms with Crippen LogP contribution in [0.15, 0.2) is 24.3 Å². The van der Waals surface area contributed by atoms with Gasteiger partial charge in [0.25, 0.3) is 0 Å². The summed E-state index contributed by atoms with van der Waals surface area (Å²) in [5.74, 6) is -0.456. The van der Waals surface area contributed by atoms with E-state index in [1.807, 2.05) is 13.8 Å². The standard InChI is InChI=1S/C13H18N2O2S/c1-3-11(12(14)18)13(17)15(4-2)9-6-5-7-10(16)8-9/h5-8,11,16H,3-4H2,1-2H3,(H2,14,18). The van der Waals surface area contributed by atoms with Gasteiger partial charge in [-0.15, -0.1) is 0 Å². The molecule has 0 bridgehead atoms. The minimum absolute atomic E-state index is 0.127. The first kappa shape index (κ1) is 14.4. The number of phenols is 1. The van der Waals surface area contributed by atoms with Crippen LogP contribution in [0, 0.1) is 5.92 Å². The Balaban J connectivity index is 3.03. The SMILES string of the molecule is CCC(C(=O)N(CC)c1cccc(O)c1)C(N)=S. The molecule has 1 rings (SSSR count). The van der Waals surface area contributed by atoms with Crippen LogP contribution in [0.4, 0.5) is 5.69 Å². The highest BCUT2D eigenvalue weighted by Crippen LogP contribution is 2.22. The number of benzene rings is 1. The van der Waals surface area contributed by atoms with Crippen molar-refractivity contribution < 1.29 is 9.90 Å². The fourth-order valence-electron chi connectivity index (χ4n) is 1.81. The summed E-state index contributed by atoms with van der Waals surface area (Å²) in [6.45, 7) is 4.24. The number of aromatic hydroxyl groups is 1. The Bertz CT molecular complexity index is 448. The highest BCUT2D eigenvalue weighted by molar-refractivity contribution is 7.80. The highest BCUT2D eigenvalue weighted by atomic mass is 32.1. The first-order valence-corrected chi connectivity index (χ1v) is 6.31. The van der Waals surface area contributed by atoms with Crippen LogP contribution in [0.2, 0.25) is 0 Å². The van der Waals surface area contributed by atoms with Crippen molar-refractivity contribution in [1.29, 1.82) is 0 Å². The van der Waals surface area contributed by atoms with Crippen molar-refractivity contribution in [1.82, 2.24) is 0 Å². The zero-order valence-electron chi connectivity index (χ0n) is 10.6. The third kappa shape index (κ3) is 3.20. The summed E-state index contributed by atoms with van der Waals surface area (Å²) in [6.07, 6.45) is 0.573. The predicted molar refractivity (Wildman–Crippen MR) is 76.7 cm³/mol. The number of phenolic OH excluding ortho intramolecular Hbond substituents is 1. The maximum Gasteiger partial charge on any atom is 0.236 e. The zero-order valence-corrected chi connectivity index (χ0v) is 11.4. The van der Waals surface area contributed by atoms with Crippen molar-refractivity contribution in [3.05, 3.63) is 24.3 Å². The Morgan fingerprint density at radius 1 is 1.50 bits per heavy atom. The van der Waals surface area contributed by atoms with E-state index >= 15 is 0 Å². The molecule has 0 aliphatic heterocycles. The molecule has 0 fully saturated rings. The Morgan fingerprint density at radius 2 is 2.17 bits per heavy atom. The van der Waals surface area contributed by atoms with Gasteiger partial charge in [-0.25, -0.2) is 0 Å². The van der Waals surface area contributed by atoms with Gasteiger partial charge in [0.2, 0.25) is 5.91 Å². The van der Waals surface area contributed by atoms with E-state index in [4.69, 9.17) is 18.0 Å². The molecule has 4 nitrogen and oxygen atoms in total. The van der Waals surface area contributed by atoms with Crippen molar-refractivity contribution in [3.63, 3.8) is 0 Å². The van der Waals surface area contributed by atoms with Crippen molar-refractivity contribution in [2.24, 2.45) is 11.7 Å². The summed E-state index contributed by atoms with van der Waals surface area (Å²) in [5.41, 5.74) is 6.23. The third-order valence-electron chi connectivity index (χ3n) is 2.77. The zero-order chi connectivity index (χ0) is 13.7. The lowest BCUT2D eigenvalue weighted by Crippen LogP contribution is -2.41. The molecule has 0 aliphatic rings. The van der Waals surface area contributed by atoms with Gasteiger partial charge in [0, 0.05) is 18.3 Å². The molecule has 0 aromatic heterocycles. The molecule has 1 atom stereocenters. The molecule has 1 aromatic carbocycles. The minimum Gasteiger partial charge on any atom is -0.508 e. The lowest BCUT2D eigenvalue weighted by Gasteiger charge is -2.25. The van der Waals surface area contributed by atoms with E-state index in [0.717, 1.165) is 0 Å². The molecule has 1 aromatic rings. The average Bonchev–Trinajstić information content (AvgIpc) is 2.30. The number of nitrogens with two attached hydrogens (primary N) is 1. The van der Waals surface area contributed by atoms with Crippen LogP contribution in [-0.4, -0.2) is 22.5 Å². The molecular formula is C13H18N2O2S. The van der Waals surface area contributed by atoms with Crippen LogP contribution in [0.3, 0.4) is 0 Å². The quantitative estimate of drug-likeness (QED) is 0.801. The summed E-state index contributed by atoms with van der Waals surface area (Å²) < 4.78 is 0. The maximum absolute atomic E-state index is 12.3. The number of thiocarbonyl (C=S) groups is 1. The lowest BCUT2D eigenvalue weighted by molar-refractivity contribution is -0.120. The molecule has 18 heavy (non-hydrogen) atoms. The second-order valence-electron chi connectivity index (χ2n) is 3.97. The lowest BCUT2D eigenvalue weighted by atomic mass is 10.0. The van der Waals surface area contributed by atoms with E-state index < -0.39 is 5.92 Å². The Hall–Kier alpha value is -1.62. The van der Waals surface area contributed by atoms with Gasteiger partial charge < -0.3 is 15.7 Å². The number of rotatable bonds is 5. The van der Waals surface area contributed by atoms with Gasteiger partial charge in [-0.2, -0.15) is 0 Å². The Morgan fingerprint density at radius 3 is 2.61 bits per heavy atom. The van der Waals surface area contributed by atoms with E-state index in [0.29, 0.717) is 18.7 Å². The normalized spacial score (nSPS) is 11.9. The smallest absolute Gasteiger partial charge is 0.236 e. The number of nitrogens with zero attached hydrogens (tertiary/aromatic N) is 1. The number of anilines is 1. The van der Waals surface area contributed by atoms with E-state index in [2.05, 4.69) is 0 Å². The van der Waals surface area contributed by atoms with Crippen LogP contribution >= 0.6 is 12.2 Å². The minimum atomic E-state index is -0.456. The molecular weight excluding hydrogens is 248 g/mol. The molecule has 3 N–H and O–H groups in total. The van der Waals surface area contributed by atoms with Gasteiger partial charge >= 0.3 is 0 Å². The molecule has 0 saturated carbocycles. The first-order chi connectivity index (χ1) is 8.51. The van der Waals surface area contributed by atoms with Crippen LogP contribution in [0.1, 0.15) is 20.3 Å². The van der Waals surface area contributed by atoms with Gasteiger partial charge in [-0.3, -0.25) is 4.79 Å². The molecule has 98 valence electrons. The van der Waals surface area contributed by atoms with E-state index in [1.165, 1.54) is 0 Å². The van der Waals surface area contributed by atoms with E-state index in [9.17, 15) is 9.90 Å². The Kier molecular flexibility index (Phi) is 5.09. The van der Waals surface area contributed by atoms with Crippen LogP contribution in [0.5, 0.6) is 5.75 Å². The van der Waals surface area contributed by atoms with Crippen LogP contribution < -0.4 is 10.6 Å². The topological polar surface area (TPSA) is 66.6 Å². The fraction of sp³-hybridized carbons (Fsp3) is 0.385. The number of hydrogen-bond acceptors (Lipinski definition) is 3. The van der Waals surface area contributed by atoms with Gasteiger partial charge in [-0.05, 0) is 25.5 Å². The third-order valence-corrected chi connectivity index (χ3v) is 3.06. The molecule has 5 heteroatoms. The first-order valence-electron chi connectivity index (χ1n) is 5.91. The molecule has 0 saturated heterocycles. The van der Waals surface area contributed by atoms with Gasteiger partial charge in [-0.1, -0.05) is 25.2 Å². The van der Waals surface area contributed by atoms with Crippen molar-refractivity contribution >= 4 is 28.8 Å². The van der Waals surface area contributed by atoms with E-state index in [1.54, 1.807) is 29.2 Å². The number of carbonyl (C=O) groups is 1. The predicted octanol–water partition coefficient (Wildman–Crippen LogP) is 2.06. The van der Waals surface area contributed by atoms with Gasteiger partial charge in [0.1, 0.15) is 5.75 Å². The fourth-order valence-corrected chi connectivity index (χ4v) is 2.08. The van der Waals surface area contributed by atoms with Crippen molar-refractivity contribution in [2.75, 3.05) is 11.4 Å². The monoisotopic (exact) mass is 266 g/mol. The molecule has 1 amide bonds. The number of amides is 1. The second kappa shape index (κ2) is 6.35. The number of hydrogen-bond donors (Lipinski definition) is 2. The van der Waals surface area contributed by atoms with Gasteiger partial charge in [0.15, 0.2) is 0 Å². The van der Waals surface area contributed by atoms with Gasteiger partial charge in [0.05, 0.1) is 10.9 Å². The molecule has 0 aliphatic carbocycles. The van der Waals surface area contributed by atoms with Crippen LogP contribution in [0.25, 0.3) is 0 Å². The van der Waals surface area contributed by atoms with Crippen molar-refractivity contribution in [2.45, 2.75) is 20.3 Å².